The number of rotatable bonds is 6. The molecule has 37 heavy (non-hydrogen) atoms. The lowest BCUT2D eigenvalue weighted by molar-refractivity contribution is -0.129. The van der Waals surface area contributed by atoms with Gasteiger partial charge in [0, 0.05) is 12.6 Å². The maximum Gasteiger partial charge on any atom is 0.260 e. The fourth-order valence-electron chi connectivity index (χ4n) is 4.88. The molecule has 3 atom stereocenters. The average Bonchev–Trinajstić information content (AvgIpc) is 3.48. The van der Waals surface area contributed by atoms with Crippen molar-refractivity contribution in [2.45, 2.75) is 33.2 Å². The Balaban J connectivity index is 1.43. The number of anilines is 2. The SMILES string of the molecule is COc1cccc(C(=O)Nc2cc(C)nn2C2NC(=O)C3CNN(c4cccc(C)c4C)C3N2)c1OC. The molecule has 2 aromatic carbocycles. The van der Waals surface area contributed by atoms with E-state index in [0.717, 1.165) is 11.3 Å². The van der Waals surface area contributed by atoms with E-state index in [0.29, 0.717) is 35.1 Å². The Bertz CT molecular complexity index is 1350. The fourth-order valence-corrected chi connectivity index (χ4v) is 4.88. The third-order valence-corrected chi connectivity index (χ3v) is 6.91. The second kappa shape index (κ2) is 9.75. The lowest BCUT2D eigenvalue weighted by Crippen LogP contribution is -2.62. The van der Waals surface area contributed by atoms with Crippen molar-refractivity contribution in [2.75, 3.05) is 31.1 Å². The quantitative estimate of drug-likeness (QED) is 0.402. The minimum absolute atomic E-state index is 0.103. The molecule has 3 heterocycles. The minimum Gasteiger partial charge on any atom is -0.493 e. The van der Waals surface area contributed by atoms with Gasteiger partial charge in [0.05, 0.1) is 37.1 Å². The highest BCUT2D eigenvalue weighted by atomic mass is 16.5. The molecular weight excluding hydrogens is 474 g/mol. The zero-order chi connectivity index (χ0) is 26.3. The summed E-state index contributed by atoms with van der Waals surface area (Å²) in [4.78, 5) is 26.4. The number of aromatic nitrogens is 2. The van der Waals surface area contributed by atoms with Crippen LogP contribution in [-0.4, -0.2) is 48.5 Å². The van der Waals surface area contributed by atoms with Crippen LogP contribution in [-0.2, 0) is 4.79 Å². The summed E-state index contributed by atoms with van der Waals surface area (Å²) in [5, 5.41) is 16.0. The molecule has 0 spiro atoms. The van der Waals surface area contributed by atoms with Gasteiger partial charge in [0.15, 0.2) is 17.8 Å². The standard InChI is InChI=1S/C26H31N7O4/c1-14-8-6-10-19(16(14)3)32-23-18(13-27-32)25(35)30-26(29-23)33-21(12-15(2)31-33)28-24(34)17-9-7-11-20(36-4)22(17)37-5/h6-12,18,23,26-27,29H,13H2,1-5H3,(H,28,34)(H,30,35). The summed E-state index contributed by atoms with van der Waals surface area (Å²) in [6, 6.07) is 12.9. The van der Waals surface area contributed by atoms with E-state index in [1.54, 1.807) is 28.9 Å². The predicted molar refractivity (Wildman–Crippen MR) is 138 cm³/mol. The summed E-state index contributed by atoms with van der Waals surface area (Å²) in [5.41, 5.74) is 7.67. The monoisotopic (exact) mass is 505 g/mol. The Kier molecular flexibility index (Phi) is 6.48. The first-order chi connectivity index (χ1) is 17.8. The van der Waals surface area contributed by atoms with E-state index in [-0.39, 0.29) is 18.0 Å². The fraction of sp³-hybridized carbons (Fsp3) is 0.346. The van der Waals surface area contributed by atoms with Crippen LogP contribution in [0, 0.1) is 26.7 Å². The molecule has 2 aliphatic heterocycles. The number of methoxy groups -OCH3 is 2. The van der Waals surface area contributed by atoms with Gasteiger partial charge >= 0.3 is 0 Å². The molecule has 2 amide bonds. The van der Waals surface area contributed by atoms with Crippen LogP contribution in [0.5, 0.6) is 11.5 Å². The lowest BCUT2D eigenvalue weighted by atomic mass is 10.0. The van der Waals surface area contributed by atoms with Crippen LogP contribution in [0.15, 0.2) is 42.5 Å². The number of fused-ring (bicyclic) bond motifs is 1. The van der Waals surface area contributed by atoms with Gasteiger partial charge in [-0.25, -0.2) is 10.1 Å². The van der Waals surface area contributed by atoms with Crippen molar-refractivity contribution in [3.05, 3.63) is 64.8 Å². The number of nitrogens with one attached hydrogen (secondary N) is 4. The Morgan fingerprint density at radius 3 is 2.65 bits per heavy atom. The number of carbonyl (C=O) groups is 2. The third kappa shape index (κ3) is 4.36. The van der Waals surface area contributed by atoms with Crippen LogP contribution < -0.4 is 35.9 Å². The third-order valence-electron chi connectivity index (χ3n) is 6.91. The van der Waals surface area contributed by atoms with Gasteiger partial charge in [-0.2, -0.15) is 5.10 Å². The molecule has 2 fully saturated rings. The van der Waals surface area contributed by atoms with Crippen molar-refractivity contribution in [2.24, 2.45) is 5.92 Å². The number of hydrazine groups is 1. The first-order valence-corrected chi connectivity index (χ1v) is 12.1. The first kappa shape index (κ1) is 24.6. The van der Waals surface area contributed by atoms with Gasteiger partial charge in [-0.05, 0) is 50.1 Å². The maximum atomic E-state index is 13.2. The number of aryl methyl sites for hydroxylation is 2. The molecule has 11 nitrogen and oxygen atoms in total. The van der Waals surface area contributed by atoms with Crippen molar-refractivity contribution in [3.8, 4) is 11.5 Å². The van der Waals surface area contributed by atoms with Crippen molar-refractivity contribution >= 4 is 23.3 Å². The predicted octanol–water partition coefficient (Wildman–Crippen LogP) is 2.22. The van der Waals surface area contributed by atoms with Crippen molar-refractivity contribution in [1.82, 2.24) is 25.8 Å². The minimum atomic E-state index is -0.683. The van der Waals surface area contributed by atoms with E-state index < -0.39 is 12.2 Å². The Morgan fingerprint density at radius 1 is 1.11 bits per heavy atom. The number of hydrogen-bond donors (Lipinski definition) is 4. The number of carbonyl (C=O) groups excluding carboxylic acids is 2. The van der Waals surface area contributed by atoms with Crippen molar-refractivity contribution in [1.29, 1.82) is 0 Å². The summed E-state index contributed by atoms with van der Waals surface area (Å²) in [5.74, 6) is 0.413. The zero-order valence-electron chi connectivity index (χ0n) is 21.5. The van der Waals surface area contributed by atoms with Gasteiger partial charge in [-0.15, -0.1) is 0 Å². The average molecular weight is 506 g/mol. The van der Waals surface area contributed by atoms with Crippen LogP contribution in [0.25, 0.3) is 0 Å². The topological polar surface area (TPSA) is 122 Å². The molecule has 0 bridgehead atoms. The van der Waals surface area contributed by atoms with Crippen LogP contribution >= 0.6 is 0 Å². The number of benzene rings is 2. The molecule has 194 valence electrons. The number of para-hydroxylation sites is 1. The normalized spacial score (nSPS) is 20.8. The summed E-state index contributed by atoms with van der Waals surface area (Å²) in [6.45, 7) is 6.46. The van der Waals surface area contributed by atoms with Crippen LogP contribution in [0.1, 0.15) is 33.5 Å². The molecule has 4 N–H and O–H groups in total. The van der Waals surface area contributed by atoms with Crippen LogP contribution in [0.3, 0.4) is 0 Å². The number of amides is 2. The molecule has 2 aliphatic rings. The molecule has 0 saturated carbocycles. The van der Waals surface area contributed by atoms with E-state index in [4.69, 9.17) is 9.47 Å². The largest absolute Gasteiger partial charge is 0.493 e. The van der Waals surface area contributed by atoms with Crippen molar-refractivity contribution in [3.63, 3.8) is 0 Å². The highest BCUT2D eigenvalue weighted by molar-refractivity contribution is 6.06. The Hall–Kier alpha value is -4.09. The van der Waals surface area contributed by atoms with Gasteiger partial charge in [0.25, 0.3) is 5.91 Å². The molecule has 2 saturated heterocycles. The molecule has 3 aromatic rings. The summed E-state index contributed by atoms with van der Waals surface area (Å²) in [6.07, 6.45) is -0.997. The second-order valence-electron chi connectivity index (χ2n) is 9.19. The molecular formula is C26H31N7O4. The second-order valence-corrected chi connectivity index (χ2v) is 9.19. The molecule has 5 rings (SSSR count). The molecule has 0 aliphatic carbocycles. The Morgan fingerprint density at radius 2 is 1.89 bits per heavy atom. The summed E-state index contributed by atoms with van der Waals surface area (Å²) >= 11 is 0. The molecule has 3 unspecified atom stereocenters. The van der Waals surface area contributed by atoms with Crippen molar-refractivity contribution < 1.29 is 19.1 Å². The first-order valence-electron chi connectivity index (χ1n) is 12.1. The number of nitrogens with zero attached hydrogens (tertiary/aromatic N) is 3. The van der Waals surface area contributed by atoms with Gasteiger partial charge in [0.2, 0.25) is 5.91 Å². The zero-order valence-corrected chi connectivity index (χ0v) is 21.5. The van der Waals surface area contributed by atoms with E-state index in [9.17, 15) is 9.59 Å². The molecule has 11 heteroatoms. The van der Waals surface area contributed by atoms with Crippen LogP contribution in [0.4, 0.5) is 11.5 Å². The number of hydrogen-bond acceptors (Lipinski definition) is 8. The smallest absolute Gasteiger partial charge is 0.260 e. The van der Waals surface area contributed by atoms with E-state index in [1.165, 1.54) is 19.8 Å². The Labute approximate surface area is 215 Å². The van der Waals surface area contributed by atoms with E-state index in [1.807, 2.05) is 24.1 Å². The van der Waals surface area contributed by atoms with E-state index >= 15 is 0 Å². The maximum absolute atomic E-state index is 13.2. The van der Waals surface area contributed by atoms with E-state index in [2.05, 4.69) is 46.4 Å². The van der Waals surface area contributed by atoms with Gasteiger partial charge in [-0.1, -0.05) is 18.2 Å². The highest BCUT2D eigenvalue weighted by Crippen LogP contribution is 2.33. The molecule has 1 aromatic heterocycles. The van der Waals surface area contributed by atoms with Gasteiger partial charge < -0.3 is 20.1 Å². The molecule has 0 radical (unpaired) electrons. The lowest BCUT2D eigenvalue weighted by Gasteiger charge is -2.38. The van der Waals surface area contributed by atoms with Gasteiger partial charge in [-0.3, -0.25) is 19.9 Å². The summed E-state index contributed by atoms with van der Waals surface area (Å²) in [7, 11) is 3.00. The van der Waals surface area contributed by atoms with Crippen LogP contribution in [0.2, 0.25) is 0 Å². The number of ether oxygens (including phenoxy) is 2. The van der Waals surface area contributed by atoms with Gasteiger partial charge in [0.1, 0.15) is 12.0 Å². The summed E-state index contributed by atoms with van der Waals surface area (Å²) < 4.78 is 12.3. The highest BCUT2D eigenvalue weighted by Gasteiger charge is 2.45.